The smallest absolute Gasteiger partial charge is 0.0523 e. The Hall–Kier alpha value is -1.000. The van der Waals surface area contributed by atoms with Gasteiger partial charge in [-0.25, -0.2) is 0 Å². The molecule has 1 aromatic carbocycles. The number of nitrogens with two attached hydrogens (primary N) is 1. The summed E-state index contributed by atoms with van der Waals surface area (Å²) < 4.78 is 1.17. The van der Waals surface area contributed by atoms with Crippen LogP contribution in [0.1, 0.15) is 16.9 Å². The zero-order valence-corrected chi connectivity index (χ0v) is 12.4. The largest absolute Gasteiger partial charge is 0.398 e. The fourth-order valence-electron chi connectivity index (χ4n) is 2.52. The van der Waals surface area contributed by atoms with E-state index in [0.29, 0.717) is 0 Å². The molecule has 2 N–H and O–H groups in total. The third kappa shape index (κ3) is 2.27. The summed E-state index contributed by atoms with van der Waals surface area (Å²) in [7, 11) is 0. The summed E-state index contributed by atoms with van der Waals surface area (Å²) >= 11 is 5.31. The Morgan fingerprint density at radius 2 is 2.28 bits per heavy atom. The predicted molar refractivity (Wildman–Crippen MR) is 82.2 cm³/mol. The van der Waals surface area contributed by atoms with E-state index >= 15 is 0 Å². The van der Waals surface area contributed by atoms with Crippen molar-refractivity contribution in [3.8, 4) is 0 Å². The lowest BCUT2D eigenvalue weighted by Crippen LogP contribution is -2.28. The molecule has 0 spiro atoms. The lowest BCUT2D eigenvalue weighted by Gasteiger charge is -2.31. The van der Waals surface area contributed by atoms with Crippen LogP contribution in [0.3, 0.4) is 0 Å². The van der Waals surface area contributed by atoms with Gasteiger partial charge in [0.05, 0.1) is 6.54 Å². The first-order valence-electron chi connectivity index (χ1n) is 6.09. The van der Waals surface area contributed by atoms with Gasteiger partial charge < -0.3 is 10.6 Å². The van der Waals surface area contributed by atoms with Gasteiger partial charge in [-0.2, -0.15) is 0 Å². The molecule has 0 saturated heterocycles. The van der Waals surface area contributed by atoms with Crippen molar-refractivity contribution >= 4 is 38.6 Å². The van der Waals surface area contributed by atoms with Crippen molar-refractivity contribution < 1.29 is 0 Å². The van der Waals surface area contributed by atoms with E-state index in [-0.39, 0.29) is 0 Å². The Kier molecular flexibility index (Phi) is 3.31. The number of halogens is 1. The molecular weight excluding hydrogens is 308 g/mol. The van der Waals surface area contributed by atoms with Gasteiger partial charge in [-0.05, 0) is 52.5 Å². The van der Waals surface area contributed by atoms with Crippen LogP contribution in [-0.2, 0) is 13.0 Å². The fourth-order valence-corrected chi connectivity index (χ4v) is 3.98. The van der Waals surface area contributed by atoms with Crippen LogP contribution in [0.4, 0.5) is 11.4 Å². The van der Waals surface area contributed by atoms with Gasteiger partial charge in [0, 0.05) is 32.6 Å². The minimum Gasteiger partial charge on any atom is -0.398 e. The Labute approximate surface area is 120 Å². The Morgan fingerprint density at radius 3 is 3.06 bits per heavy atom. The van der Waals surface area contributed by atoms with Crippen molar-refractivity contribution in [2.24, 2.45) is 0 Å². The van der Waals surface area contributed by atoms with E-state index in [4.69, 9.17) is 5.73 Å². The molecule has 1 aliphatic heterocycles. The molecule has 1 aliphatic rings. The molecule has 94 valence electrons. The van der Waals surface area contributed by atoms with E-state index in [1.54, 1.807) is 11.3 Å². The first-order valence-corrected chi connectivity index (χ1v) is 7.76. The number of benzene rings is 1. The molecule has 2 nitrogen and oxygen atoms in total. The second kappa shape index (κ2) is 4.94. The molecule has 0 unspecified atom stereocenters. The highest BCUT2D eigenvalue weighted by Gasteiger charge is 2.18. The zero-order valence-electron chi connectivity index (χ0n) is 10.0. The van der Waals surface area contributed by atoms with Gasteiger partial charge in [-0.15, -0.1) is 11.3 Å². The molecule has 3 rings (SSSR count). The van der Waals surface area contributed by atoms with Crippen molar-refractivity contribution in [3.63, 3.8) is 0 Å². The molecule has 2 heterocycles. The zero-order chi connectivity index (χ0) is 12.5. The molecule has 0 atom stereocenters. The fraction of sp³-hybridized carbons (Fsp3) is 0.286. The van der Waals surface area contributed by atoms with E-state index in [0.717, 1.165) is 25.2 Å². The number of nitrogen functional groups attached to an aromatic ring is 1. The molecule has 1 aromatic heterocycles. The van der Waals surface area contributed by atoms with Crippen LogP contribution in [0.2, 0.25) is 0 Å². The van der Waals surface area contributed by atoms with E-state index in [1.165, 1.54) is 27.0 Å². The van der Waals surface area contributed by atoms with Crippen LogP contribution >= 0.6 is 27.3 Å². The Balaban J connectivity index is 1.89. The number of nitrogens with zero attached hydrogens (tertiary/aromatic N) is 1. The molecule has 0 fully saturated rings. The summed E-state index contributed by atoms with van der Waals surface area (Å²) in [5.41, 5.74) is 9.63. The highest BCUT2D eigenvalue weighted by molar-refractivity contribution is 9.10. The first-order chi connectivity index (χ1) is 8.74. The van der Waals surface area contributed by atoms with Crippen molar-refractivity contribution in [2.45, 2.75) is 19.4 Å². The van der Waals surface area contributed by atoms with E-state index < -0.39 is 0 Å². The van der Waals surface area contributed by atoms with Gasteiger partial charge in [0.1, 0.15) is 0 Å². The molecule has 2 aromatic rings. The van der Waals surface area contributed by atoms with Crippen LogP contribution in [0.5, 0.6) is 0 Å². The molecule has 0 amide bonds. The molecule has 18 heavy (non-hydrogen) atoms. The van der Waals surface area contributed by atoms with Gasteiger partial charge >= 0.3 is 0 Å². The monoisotopic (exact) mass is 322 g/mol. The topological polar surface area (TPSA) is 29.3 Å². The first kappa shape index (κ1) is 12.1. The summed E-state index contributed by atoms with van der Waals surface area (Å²) in [4.78, 5) is 3.82. The summed E-state index contributed by atoms with van der Waals surface area (Å²) in [5.74, 6) is 0. The maximum Gasteiger partial charge on any atom is 0.0523 e. The minimum absolute atomic E-state index is 0.935. The number of hydrogen-bond acceptors (Lipinski definition) is 3. The number of anilines is 2. The van der Waals surface area contributed by atoms with Gasteiger partial charge in [0.15, 0.2) is 0 Å². The normalized spacial score (nSPS) is 14.6. The van der Waals surface area contributed by atoms with Gasteiger partial charge in [-0.3, -0.25) is 0 Å². The molecule has 4 heteroatoms. The van der Waals surface area contributed by atoms with Crippen molar-refractivity contribution in [3.05, 3.63) is 44.6 Å². The average Bonchev–Trinajstić information content (AvgIpc) is 2.76. The summed E-state index contributed by atoms with van der Waals surface area (Å²) in [6.45, 7) is 2.10. The van der Waals surface area contributed by atoms with E-state index in [2.05, 4.69) is 44.4 Å². The highest BCUT2D eigenvalue weighted by Crippen LogP contribution is 2.33. The Bertz CT molecular complexity index is 565. The van der Waals surface area contributed by atoms with Gasteiger partial charge in [0.25, 0.3) is 0 Å². The Morgan fingerprint density at radius 1 is 1.39 bits per heavy atom. The number of hydrogen-bond donors (Lipinski definition) is 1. The summed E-state index contributed by atoms with van der Waals surface area (Å²) in [6, 6.07) is 8.44. The summed E-state index contributed by atoms with van der Waals surface area (Å²) in [6.07, 6.45) is 2.29. The SMILES string of the molecule is Nc1cccc2c1CCCN2Cc1cc(Br)cs1. The molecule has 0 aliphatic carbocycles. The quantitative estimate of drug-likeness (QED) is 0.845. The van der Waals surface area contributed by atoms with Crippen LogP contribution < -0.4 is 10.6 Å². The lowest BCUT2D eigenvalue weighted by molar-refractivity contribution is 0.696. The molecule has 0 bridgehead atoms. The maximum atomic E-state index is 6.07. The van der Waals surface area contributed by atoms with Crippen molar-refractivity contribution in [1.29, 1.82) is 0 Å². The van der Waals surface area contributed by atoms with Crippen LogP contribution in [0, 0.1) is 0 Å². The second-order valence-corrected chi connectivity index (χ2v) is 6.51. The van der Waals surface area contributed by atoms with Crippen LogP contribution in [-0.4, -0.2) is 6.54 Å². The number of fused-ring (bicyclic) bond motifs is 1. The second-order valence-electron chi connectivity index (χ2n) is 4.60. The van der Waals surface area contributed by atoms with Crippen molar-refractivity contribution in [2.75, 3.05) is 17.2 Å². The third-order valence-corrected chi connectivity index (χ3v) is 5.03. The molecular formula is C14H15BrN2S. The maximum absolute atomic E-state index is 6.07. The summed E-state index contributed by atoms with van der Waals surface area (Å²) in [5, 5.41) is 2.14. The standard InChI is InChI=1S/C14H15BrN2S/c15-10-7-11(18-9-10)8-17-6-2-3-12-13(16)4-1-5-14(12)17/h1,4-5,7,9H,2-3,6,8,16H2. The number of thiophene rings is 1. The molecule has 0 radical (unpaired) electrons. The van der Waals surface area contributed by atoms with E-state index in [1.807, 2.05) is 6.07 Å². The third-order valence-electron chi connectivity index (χ3n) is 3.35. The van der Waals surface area contributed by atoms with E-state index in [9.17, 15) is 0 Å². The predicted octanol–water partition coefficient (Wildman–Crippen LogP) is 4.05. The van der Waals surface area contributed by atoms with Crippen LogP contribution in [0.15, 0.2) is 34.1 Å². The van der Waals surface area contributed by atoms with Gasteiger partial charge in [0.2, 0.25) is 0 Å². The lowest BCUT2D eigenvalue weighted by atomic mass is 10.00. The average molecular weight is 323 g/mol. The molecule has 0 saturated carbocycles. The minimum atomic E-state index is 0.935. The van der Waals surface area contributed by atoms with Crippen molar-refractivity contribution in [1.82, 2.24) is 0 Å². The van der Waals surface area contributed by atoms with Crippen LogP contribution in [0.25, 0.3) is 0 Å². The highest BCUT2D eigenvalue weighted by atomic mass is 79.9. The number of rotatable bonds is 2. The van der Waals surface area contributed by atoms with Gasteiger partial charge in [-0.1, -0.05) is 6.07 Å².